The number of benzene rings is 2. The lowest BCUT2D eigenvalue weighted by molar-refractivity contribution is 0.340. The van der Waals surface area contributed by atoms with E-state index in [0.717, 1.165) is 44.8 Å². The largest absolute Gasteiger partial charge is 0.494 e. The molecule has 0 amide bonds. The van der Waals surface area contributed by atoms with Crippen LogP contribution in [0.3, 0.4) is 0 Å². The molecule has 3 heterocycles. The van der Waals surface area contributed by atoms with E-state index in [9.17, 15) is 0 Å². The van der Waals surface area contributed by atoms with Crippen LogP contribution in [0.15, 0.2) is 72.9 Å². The van der Waals surface area contributed by atoms with Crippen LogP contribution in [0.25, 0.3) is 5.69 Å². The highest BCUT2D eigenvalue weighted by molar-refractivity contribution is 7.80. The molecular formula is C29H29ClN4OS. The van der Waals surface area contributed by atoms with Gasteiger partial charge >= 0.3 is 0 Å². The Kier molecular flexibility index (Phi) is 6.73. The molecule has 1 N–H and O–H groups in total. The number of pyridine rings is 1. The zero-order valence-corrected chi connectivity index (χ0v) is 22.4. The predicted molar refractivity (Wildman–Crippen MR) is 151 cm³/mol. The molecule has 1 aliphatic heterocycles. The number of halogens is 1. The smallest absolute Gasteiger partial charge is 0.174 e. The van der Waals surface area contributed by atoms with E-state index in [1.807, 2.05) is 49.5 Å². The molecule has 0 unspecified atom stereocenters. The molecule has 0 radical (unpaired) electrons. The quantitative estimate of drug-likeness (QED) is 0.279. The van der Waals surface area contributed by atoms with Gasteiger partial charge in [-0.15, -0.1) is 0 Å². The van der Waals surface area contributed by atoms with Crippen molar-refractivity contribution in [3.8, 4) is 11.4 Å². The Labute approximate surface area is 222 Å². The fourth-order valence-electron chi connectivity index (χ4n) is 5.11. The Morgan fingerprint density at radius 1 is 1.03 bits per heavy atom. The van der Waals surface area contributed by atoms with Gasteiger partial charge in [-0.1, -0.05) is 23.7 Å². The molecule has 5 nitrogen and oxygen atoms in total. The lowest BCUT2D eigenvalue weighted by Crippen LogP contribution is -2.29. The summed E-state index contributed by atoms with van der Waals surface area (Å²) in [5, 5.41) is 4.98. The van der Waals surface area contributed by atoms with Gasteiger partial charge in [0.2, 0.25) is 0 Å². The minimum Gasteiger partial charge on any atom is -0.494 e. The topological polar surface area (TPSA) is 42.3 Å². The third kappa shape index (κ3) is 4.25. The number of rotatable bonds is 6. The number of hydrogen-bond acceptors (Lipinski definition) is 3. The Morgan fingerprint density at radius 3 is 2.50 bits per heavy atom. The fraction of sp³-hybridized carbons (Fsp3) is 0.241. The minimum atomic E-state index is -0.111. The molecule has 0 spiro atoms. The van der Waals surface area contributed by atoms with Crippen molar-refractivity contribution in [3.63, 3.8) is 0 Å². The summed E-state index contributed by atoms with van der Waals surface area (Å²) < 4.78 is 7.95. The van der Waals surface area contributed by atoms with Crippen LogP contribution in [0.1, 0.15) is 47.2 Å². The van der Waals surface area contributed by atoms with Gasteiger partial charge in [0.25, 0.3) is 0 Å². The molecule has 0 saturated carbocycles. The number of nitrogens with one attached hydrogen (secondary N) is 1. The summed E-state index contributed by atoms with van der Waals surface area (Å²) in [6.45, 7) is 8.97. The van der Waals surface area contributed by atoms with Gasteiger partial charge in [-0.2, -0.15) is 0 Å². The molecule has 5 rings (SSSR count). The van der Waals surface area contributed by atoms with Crippen molar-refractivity contribution in [2.75, 3.05) is 11.5 Å². The van der Waals surface area contributed by atoms with Crippen molar-refractivity contribution >= 4 is 34.6 Å². The van der Waals surface area contributed by atoms with Crippen LogP contribution in [-0.4, -0.2) is 21.3 Å². The molecular weight excluding hydrogens is 488 g/mol. The normalized spacial score (nSPS) is 17.4. The van der Waals surface area contributed by atoms with E-state index in [-0.39, 0.29) is 12.1 Å². The van der Waals surface area contributed by atoms with Gasteiger partial charge in [0.05, 0.1) is 24.4 Å². The van der Waals surface area contributed by atoms with Crippen LogP contribution < -0.4 is 15.0 Å². The summed E-state index contributed by atoms with van der Waals surface area (Å²) in [6.07, 6.45) is 1.83. The Balaban J connectivity index is 1.66. The summed E-state index contributed by atoms with van der Waals surface area (Å²) in [4.78, 5) is 6.88. The van der Waals surface area contributed by atoms with Gasteiger partial charge in [0.15, 0.2) is 5.11 Å². The number of nitrogens with zero attached hydrogens (tertiary/aromatic N) is 3. The monoisotopic (exact) mass is 516 g/mol. The highest BCUT2D eigenvalue weighted by Crippen LogP contribution is 2.44. The van der Waals surface area contributed by atoms with Crippen LogP contribution >= 0.6 is 23.8 Å². The van der Waals surface area contributed by atoms with Crippen molar-refractivity contribution < 1.29 is 4.74 Å². The maximum absolute atomic E-state index is 6.50. The van der Waals surface area contributed by atoms with Gasteiger partial charge in [-0.3, -0.25) is 4.98 Å². The van der Waals surface area contributed by atoms with Gasteiger partial charge in [0.1, 0.15) is 5.75 Å². The molecule has 4 aromatic rings. The average molecular weight is 517 g/mol. The number of hydrogen-bond donors (Lipinski definition) is 1. The SMILES string of the molecule is CCOc1ccc(N2C(=S)N[C@@H](c3ccccn3)[C@H]2c2cc(C)n(-c3cccc(Cl)c3C)c2C)cc1. The molecule has 0 bridgehead atoms. The van der Waals surface area contributed by atoms with Crippen LogP contribution in [0.5, 0.6) is 5.75 Å². The van der Waals surface area contributed by atoms with Gasteiger partial charge in [0, 0.05) is 34.0 Å². The van der Waals surface area contributed by atoms with Crippen molar-refractivity contribution in [2.45, 2.75) is 39.8 Å². The van der Waals surface area contributed by atoms with Gasteiger partial charge < -0.3 is 19.5 Å². The summed E-state index contributed by atoms with van der Waals surface area (Å²) in [7, 11) is 0. The van der Waals surface area contributed by atoms with Crippen LogP contribution in [0.2, 0.25) is 5.02 Å². The van der Waals surface area contributed by atoms with Crippen molar-refractivity contribution in [2.24, 2.45) is 0 Å². The first-order valence-corrected chi connectivity index (χ1v) is 12.9. The molecule has 1 fully saturated rings. The highest BCUT2D eigenvalue weighted by atomic mass is 35.5. The number of aryl methyl sites for hydroxylation is 1. The molecule has 0 aliphatic carbocycles. The lowest BCUT2D eigenvalue weighted by Gasteiger charge is -2.28. The van der Waals surface area contributed by atoms with Crippen molar-refractivity contribution in [1.82, 2.24) is 14.9 Å². The molecule has 7 heteroatoms. The Morgan fingerprint density at radius 2 is 1.81 bits per heavy atom. The fourth-order valence-corrected chi connectivity index (χ4v) is 5.63. The standard InChI is InChI=1S/C29H29ClN4OS/c1-5-35-22-14-12-21(13-15-22)34-28(27(32-29(34)36)25-10-6-7-16-31-25)23-17-18(2)33(20(23)4)26-11-8-9-24(30)19(26)3/h6-17,27-28H,5H2,1-4H3,(H,32,36)/t27-,28+/m0/s1. The number of ether oxygens (including phenoxy) is 1. The summed E-state index contributed by atoms with van der Waals surface area (Å²) in [5.74, 6) is 0.840. The second-order valence-corrected chi connectivity index (χ2v) is 9.76. The lowest BCUT2D eigenvalue weighted by atomic mass is 9.96. The van der Waals surface area contributed by atoms with Crippen LogP contribution in [0, 0.1) is 20.8 Å². The zero-order chi connectivity index (χ0) is 25.4. The van der Waals surface area contributed by atoms with Gasteiger partial charge in [-0.25, -0.2) is 0 Å². The first-order chi connectivity index (χ1) is 17.4. The summed E-state index contributed by atoms with van der Waals surface area (Å²) in [5.41, 5.74) is 7.55. The summed E-state index contributed by atoms with van der Waals surface area (Å²) >= 11 is 12.4. The minimum absolute atomic E-state index is 0.0928. The number of aromatic nitrogens is 2. The van der Waals surface area contributed by atoms with Crippen LogP contribution in [-0.2, 0) is 0 Å². The van der Waals surface area contributed by atoms with Crippen molar-refractivity contribution in [3.05, 3.63) is 106 Å². The van der Waals surface area contributed by atoms with E-state index in [1.54, 1.807) is 0 Å². The van der Waals surface area contributed by atoms with Gasteiger partial charge in [-0.05, 0) is 106 Å². The highest BCUT2D eigenvalue weighted by Gasteiger charge is 2.42. The average Bonchev–Trinajstić information content (AvgIpc) is 3.37. The maximum atomic E-state index is 6.50. The van der Waals surface area contributed by atoms with E-state index in [0.29, 0.717) is 11.7 Å². The third-order valence-corrected chi connectivity index (χ3v) is 7.52. The third-order valence-electron chi connectivity index (χ3n) is 6.79. The number of anilines is 1. The van der Waals surface area contributed by atoms with E-state index < -0.39 is 0 Å². The zero-order valence-electron chi connectivity index (χ0n) is 20.8. The van der Waals surface area contributed by atoms with Crippen molar-refractivity contribution in [1.29, 1.82) is 0 Å². The maximum Gasteiger partial charge on any atom is 0.174 e. The molecule has 184 valence electrons. The predicted octanol–water partition coefficient (Wildman–Crippen LogP) is 7.03. The molecule has 2 atom stereocenters. The first kappa shape index (κ1) is 24.3. The first-order valence-electron chi connectivity index (χ1n) is 12.1. The molecule has 1 saturated heterocycles. The molecule has 36 heavy (non-hydrogen) atoms. The summed E-state index contributed by atoms with van der Waals surface area (Å²) in [6, 6.07) is 22.2. The van der Waals surface area contributed by atoms with E-state index >= 15 is 0 Å². The van der Waals surface area contributed by atoms with E-state index in [1.165, 1.54) is 5.56 Å². The second-order valence-electron chi connectivity index (χ2n) is 8.97. The molecule has 1 aliphatic rings. The molecule has 2 aromatic heterocycles. The molecule has 2 aromatic carbocycles. The van der Waals surface area contributed by atoms with E-state index in [4.69, 9.17) is 28.6 Å². The van der Waals surface area contributed by atoms with Crippen LogP contribution in [0.4, 0.5) is 5.69 Å². The number of thiocarbonyl (C=S) groups is 1. The van der Waals surface area contributed by atoms with E-state index in [2.05, 4.69) is 70.9 Å². The Bertz CT molecular complexity index is 1400. The second kappa shape index (κ2) is 9.96. The Hall–Kier alpha value is -3.35.